The predicted molar refractivity (Wildman–Crippen MR) is 59.4 cm³/mol. The van der Waals surface area contributed by atoms with Crippen molar-refractivity contribution in [2.24, 2.45) is 5.11 Å². The third-order valence-corrected chi connectivity index (χ3v) is 2.11. The van der Waals surface area contributed by atoms with Crippen LogP contribution in [0.3, 0.4) is 0 Å². The Morgan fingerprint density at radius 2 is 2.44 bits per heavy atom. The first-order valence-corrected chi connectivity index (χ1v) is 4.77. The van der Waals surface area contributed by atoms with Crippen LogP contribution in [0.5, 0.6) is 0 Å². The van der Waals surface area contributed by atoms with Gasteiger partial charge >= 0.3 is 6.09 Å². The molecule has 0 bridgehead atoms. The van der Waals surface area contributed by atoms with Crippen LogP contribution in [0, 0.1) is 0 Å². The maximum Gasteiger partial charge on any atom is 0.405 e. The van der Waals surface area contributed by atoms with Crippen LogP contribution < -0.4 is 5.32 Å². The summed E-state index contributed by atoms with van der Waals surface area (Å²) in [6, 6.07) is 6.11. The van der Waals surface area contributed by atoms with Crippen molar-refractivity contribution in [1.29, 1.82) is 0 Å². The Hall–Kier alpha value is -1.91. The molecule has 1 unspecified atom stereocenters. The Labute approximate surface area is 96.5 Å². The third-order valence-electron chi connectivity index (χ3n) is 1.88. The summed E-state index contributed by atoms with van der Waals surface area (Å²) in [5.41, 5.74) is 8.86. The smallest absolute Gasteiger partial charge is 0.405 e. The molecule has 7 heteroatoms. The van der Waals surface area contributed by atoms with Crippen molar-refractivity contribution in [2.75, 3.05) is 6.54 Å². The number of nitrogens with zero attached hydrogens (tertiary/aromatic N) is 3. The van der Waals surface area contributed by atoms with E-state index in [4.69, 9.17) is 22.2 Å². The van der Waals surface area contributed by atoms with Crippen molar-refractivity contribution in [1.82, 2.24) is 5.32 Å². The molecule has 2 N–H and O–H groups in total. The second-order valence-corrected chi connectivity index (χ2v) is 3.41. The second kappa shape index (κ2) is 5.85. The van der Waals surface area contributed by atoms with Gasteiger partial charge in [-0.15, -0.1) is 0 Å². The maximum absolute atomic E-state index is 10.6. The fourth-order valence-electron chi connectivity index (χ4n) is 1.22. The molecule has 1 amide bonds. The largest absolute Gasteiger partial charge is 0.465 e. The fraction of sp³-hybridized carbons (Fsp3) is 0.222. The van der Waals surface area contributed by atoms with E-state index in [1.54, 1.807) is 24.3 Å². The molecule has 0 fully saturated rings. The zero-order valence-electron chi connectivity index (χ0n) is 8.17. The molecule has 0 saturated carbocycles. The molecule has 0 aliphatic carbocycles. The van der Waals surface area contributed by atoms with E-state index in [-0.39, 0.29) is 6.54 Å². The van der Waals surface area contributed by atoms with Gasteiger partial charge < -0.3 is 10.4 Å². The Kier molecular flexibility index (Phi) is 4.44. The van der Waals surface area contributed by atoms with E-state index in [1.807, 2.05) is 0 Å². The number of hydrogen-bond acceptors (Lipinski definition) is 2. The average molecular weight is 241 g/mol. The molecular formula is C9H9ClN4O2. The highest BCUT2D eigenvalue weighted by Gasteiger charge is 2.13. The highest BCUT2D eigenvalue weighted by Crippen LogP contribution is 2.18. The maximum atomic E-state index is 10.6. The minimum Gasteiger partial charge on any atom is -0.465 e. The van der Waals surface area contributed by atoms with Gasteiger partial charge in [-0.25, -0.2) is 4.79 Å². The predicted octanol–water partition coefficient (Wildman–Crippen LogP) is 2.96. The number of rotatable bonds is 4. The van der Waals surface area contributed by atoms with Crippen molar-refractivity contribution < 1.29 is 9.90 Å². The molecule has 1 aromatic carbocycles. The second-order valence-electron chi connectivity index (χ2n) is 2.97. The first-order valence-electron chi connectivity index (χ1n) is 4.39. The Morgan fingerprint density at radius 1 is 1.69 bits per heavy atom. The SMILES string of the molecule is [N-]=[N+]=NCC(NC(=O)O)c1cccc(Cl)c1. The molecule has 84 valence electrons. The van der Waals surface area contributed by atoms with Crippen LogP contribution >= 0.6 is 11.6 Å². The van der Waals surface area contributed by atoms with Crippen LogP contribution in [-0.2, 0) is 0 Å². The van der Waals surface area contributed by atoms with E-state index in [2.05, 4.69) is 15.3 Å². The quantitative estimate of drug-likeness (QED) is 0.480. The van der Waals surface area contributed by atoms with Gasteiger partial charge in [-0.05, 0) is 23.2 Å². The molecule has 1 aromatic rings. The molecular weight excluding hydrogens is 232 g/mol. The highest BCUT2D eigenvalue weighted by atomic mass is 35.5. The summed E-state index contributed by atoms with van der Waals surface area (Å²) in [5.74, 6) is 0. The molecule has 16 heavy (non-hydrogen) atoms. The number of halogens is 1. The first-order chi connectivity index (χ1) is 7.63. The van der Waals surface area contributed by atoms with E-state index < -0.39 is 12.1 Å². The van der Waals surface area contributed by atoms with Crippen molar-refractivity contribution in [3.8, 4) is 0 Å². The molecule has 0 radical (unpaired) electrons. The molecule has 0 spiro atoms. The number of amides is 1. The van der Waals surface area contributed by atoms with Crippen LogP contribution in [0.25, 0.3) is 10.4 Å². The summed E-state index contributed by atoms with van der Waals surface area (Å²) in [6.45, 7) is 0.00312. The van der Waals surface area contributed by atoms with E-state index in [0.29, 0.717) is 10.6 Å². The van der Waals surface area contributed by atoms with Gasteiger partial charge in [0, 0.05) is 9.93 Å². The molecule has 1 rings (SSSR count). The minimum absolute atomic E-state index is 0.00312. The lowest BCUT2D eigenvalue weighted by Crippen LogP contribution is -2.28. The summed E-state index contributed by atoms with van der Waals surface area (Å²) in [4.78, 5) is 13.1. The zero-order chi connectivity index (χ0) is 12.0. The van der Waals surface area contributed by atoms with E-state index >= 15 is 0 Å². The standard InChI is InChI=1S/C9H9ClN4O2/c10-7-3-1-2-6(4-7)8(5-12-14-11)13-9(15)16/h1-4,8,13H,5H2,(H,15,16). The summed E-state index contributed by atoms with van der Waals surface area (Å²) in [5, 5.41) is 14.7. The van der Waals surface area contributed by atoms with Gasteiger partial charge in [-0.3, -0.25) is 0 Å². The number of benzene rings is 1. The molecule has 0 aliphatic heterocycles. The lowest BCUT2D eigenvalue weighted by atomic mass is 10.1. The molecule has 6 nitrogen and oxygen atoms in total. The normalized spacial score (nSPS) is 11.3. The summed E-state index contributed by atoms with van der Waals surface area (Å²) in [6.07, 6.45) is -1.18. The van der Waals surface area contributed by atoms with Crippen molar-refractivity contribution in [3.63, 3.8) is 0 Å². The van der Waals surface area contributed by atoms with E-state index in [1.165, 1.54) is 0 Å². The number of hydrogen-bond donors (Lipinski definition) is 2. The Bertz CT molecular complexity index is 427. The van der Waals surface area contributed by atoms with Gasteiger partial charge in [-0.1, -0.05) is 28.8 Å². The van der Waals surface area contributed by atoms with Crippen LogP contribution in [0.15, 0.2) is 29.4 Å². The lowest BCUT2D eigenvalue weighted by molar-refractivity contribution is 0.190. The number of carboxylic acid groups (broad SMARTS) is 1. The summed E-state index contributed by atoms with van der Waals surface area (Å²) >= 11 is 5.78. The first kappa shape index (κ1) is 12.2. The van der Waals surface area contributed by atoms with Crippen molar-refractivity contribution >= 4 is 17.7 Å². The average Bonchev–Trinajstić information content (AvgIpc) is 2.23. The fourth-order valence-corrected chi connectivity index (χ4v) is 1.42. The number of carbonyl (C=O) groups is 1. The number of azide groups is 1. The number of nitrogens with one attached hydrogen (secondary N) is 1. The van der Waals surface area contributed by atoms with Crippen molar-refractivity contribution in [3.05, 3.63) is 45.3 Å². The van der Waals surface area contributed by atoms with Crippen LogP contribution in [-0.4, -0.2) is 17.7 Å². The molecule has 0 heterocycles. The highest BCUT2D eigenvalue weighted by molar-refractivity contribution is 6.30. The Morgan fingerprint density at radius 3 is 3.00 bits per heavy atom. The van der Waals surface area contributed by atoms with Gasteiger partial charge in [0.25, 0.3) is 0 Å². The van der Waals surface area contributed by atoms with Gasteiger partial charge in [-0.2, -0.15) is 0 Å². The Balaban J connectivity index is 2.90. The van der Waals surface area contributed by atoms with Crippen molar-refractivity contribution in [2.45, 2.75) is 6.04 Å². The van der Waals surface area contributed by atoms with E-state index in [9.17, 15) is 4.79 Å². The van der Waals surface area contributed by atoms with Crippen LogP contribution in [0.4, 0.5) is 4.79 Å². The van der Waals surface area contributed by atoms with Gasteiger partial charge in [0.15, 0.2) is 0 Å². The topological polar surface area (TPSA) is 98.1 Å². The molecule has 0 saturated heterocycles. The molecule has 0 aromatic heterocycles. The van der Waals surface area contributed by atoms with Gasteiger partial charge in [0.2, 0.25) is 0 Å². The van der Waals surface area contributed by atoms with Crippen LogP contribution in [0.2, 0.25) is 5.02 Å². The van der Waals surface area contributed by atoms with E-state index in [0.717, 1.165) is 0 Å². The lowest BCUT2D eigenvalue weighted by Gasteiger charge is -2.14. The monoisotopic (exact) mass is 240 g/mol. The third kappa shape index (κ3) is 3.68. The van der Waals surface area contributed by atoms with Gasteiger partial charge in [0.05, 0.1) is 12.6 Å². The van der Waals surface area contributed by atoms with Gasteiger partial charge in [0.1, 0.15) is 0 Å². The minimum atomic E-state index is -1.18. The molecule has 0 aliphatic rings. The molecule has 1 atom stereocenters. The summed E-state index contributed by atoms with van der Waals surface area (Å²) in [7, 11) is 0. The van der Waals surface area contributed by atoms with Crippen LogP contribution in [0.1, 0.15) is 11.6 Å². The summed E-state index contributed by atoms with van der Waals surface area (Å²) < 4.78 is 0. The zero-order valence-corrected chi connectivity index (χ0v) is 8.92.